The van der Waals surface area contributed by atoms with Gasteiger partial charge in [-0.2, -0.15) is 0 Å². The maximum atomic E-state index is 12.6. The van der Waals surface area contributed by atoms with Gasteiger partial charge in [-0.15, -0.1) is 0 Å². The number of benzene rings is 1. The summed E-state index contributed by atoms with van der Waals surface area (Å²) in [6.45, 7) is 3.47. The lowest BCUT2D eigenvalue weighted by atomic mass is 9.88. The average molecular weight is 325 g/mol. The molecule has 5 nitrogen and oxygen atoms in total. The Labute approximate surface area is 142 Å². The Hall–Kier alpha value is -2.27. The third-order valence-electron chi connectivity index (χ3n) is 4.62. The molecule has 1 amide bonds. The fourth-order valence-corrected chi connectivity index (χ4v) is 3.41. The Morgan fingerprint density at radius 1 is 1.38 bits per heavy atom. The van der Waals surface area contributed by atoms with Gasteiger partial charge in [0.05, 0.1) is 12.3 Å². The van der Waals surface area contributed by atoms with E-state index in [9.17, 15) is 4.79 Å². The zero-order valence-corrected chi connectivity index (χ0v) is 14.2. The monoisotopic (exact) mass is 325 g/mol. The van der Waals surface area contributed by atoms with E-state index in [-0.39, 0.29) is 17.9 Å². The molecular weight excluding hydrogens is 302 g/mol. The highest BCUT2D eigenvalue weighted by Crippen LogP contribution is 2.25. The van der Waals surface area contributed by atoms with Crippen molar-refractivity contribution in [3.8, 4) is 0 Å². The fourth-order valence-electron chi connectivity index (χ4n) is 3.41. The minimum absolute atomic E-state index is 0.0492. The molecule has 0 aliphatic carbocycles. The number of nitrogens with zero attached hydrogens (tertiary/aromatic N) is 3. The van der Waals surface area contributed by atoms with E-state index in [1.807, 2.05) is 4.90 Å². The van der Waals surface area contributed by atoms with Gasteiger partial charge in [0.1, 0.15) is 5.69 Å². The van der Waals surface area contributed by atoms with Crippen molar-refractivity contribution in [1.82, 2.24) is 14.9 Å². The van der Waals surface area contributed by atoms with Crippen molar-refractivity contribution < 1.29 is 9.53 Å². The molecule has 2 aromatic rings. The Morgan fingerprint density at radius 3 is 2.96 bits per heavy atom. The van der Waals surface area contributed by atoms with Crippen molar-refractivity contribution in [3.05, 3.63) is 59.7 Å². The number of likely N-dealkylation sites (tertiary alicyclic amines) is 1. The molecule has 0 bridgehead atoms. The van der Waals surface area contributed by atoms with Crippen molar-refractivity contribution >= 4 is 5.91 Å². The first-order chi connectivity index (χ1) is 11.7. The summed E-state index contributed by atoms with van der Waals surface area (Å²) in [7, 11) is 1.76. The number of carbonyl (C=O) groups excluding carboxylic acids is 1. The van der Waals surface area contributed by atoms with Gasteiger partial charge in [0, 0.05) is 38.5 Å². The number of aryl methyl sites for hydroxylation is 1. The highest BCUT2D eigenvalue weighted by Gasteiger charge is 2.32. The third-order valence-corrected chi connectivity index (χ3v) is 4.62. The van der Waals surface area contributed by atoms with E-state index in [4.69, 9.17) is 4.74 Å². The van der Waals surface area contributed by atoms with Crippen molar-refractivity contribution in [3.63, 3.8) is 0 Å². The van der Waals surface area contributed by atoms with Gasteiger partial charge in [-0.1, -0.05) is 29.8 Å². The molecule has 3 rings (SSSR count). The lowest BCUT2D eigenvalue weighted by molar-refractivity contribution is -0.00319. The topological polar surface area (TPSA) is 55.3 Å². The number of ether oxygens (including phenoxy) is 1. The first kappa shape index (κ1) is 16.6. The number of hydrogen-bond acceptors (Lipinski definition) is 4. The summed E-state index contributed by atoms with van der Waals surface area (Å²) in [6, 6.07) is 8.53. The molecule has 2 heterocycles. The molecule has 0 N–H and O–H groups in total. The number of hydrogen-bond donors (Lipinski definition) is 0. The van der Waals surface area contributed by atoms with Crippen molar-refractivity contribution in [2.45, 2.75) is 25.9 Å². The minimum atomic E-state index is -0.0492. The van der Waals surface area contributed by atoms with Gasteiger partial charge in [0.15, 0.2) is 0 Å². The molecule has 126 valence electrons. The van der Waals surface area contributed by atoms with Gasteiger partial charge in [-0.3, -0.25) is 9.78 Å². The zero-order chi connectivity index (χ0) is 16.9. The van der Waals surface area contributed by atoms with E-state index in [2.05, 4.69) is 41.2 Å². The van der Waals surface area contributed by atoms with Crippen LogP contribution in [0.25, 0.3) is 0 Å². The van der Waals surface area contributed by atoms with Gasteiger partial charge in [-0.05, 0) is 25.3 Å². The van der Waals surface area contributed by atoms with Gasteiger partial charge in [0.2, 0.25) is 0 Å². The molecule has 0 spiro atoms. The van der Waals surface area contributed by atoms with Crippen LogP contribution in [0.4, 0.5) is 0 Å². The molecule has 1 aromatic carbocycles. The highest BCUT2D eigenvalue weighted by molar-refractivity contribution is 5.92. The largest absolute Gasteiger partial charge is 0.381 e. The molecule has 0 saturated carbocycles. The van der Waals surface area contributed by atoms with Crippen LogP contribution in [-0.2, 0) is 11.2 Å². The predicted octanol–water partition coefficient (Wildman–Crippen LogP) is 2.50. The molecule has 1 saturated heterocycles. The summed E-state index contributed by atoms with van der Waals surface area (Å²) in [6.07, 6.45) is 6.59. The van der Waals surface area contributed by atoms with Gasteiger partial charge in [0.25, 0.3) is 5.91 Å². The predicted molar refractivity (Wildman–Crippen MR) is 91.7 cm³/mol. The second-order valence-corrected chi connectivity index (χ2v) is 6.36. The summed E-state index contributed by atoms with van der Waals surface area (Å²) >= 11 is 0. The van der Waals surface area contributed by atoms with Gasteiger partial charge < -0.3 is 9.64 Å². The van der Waals surface area contributed by atoms with Crippen LogP contribution in [0, 0.1) is 12.8 Å². The molecular formula is C19H23N3O2. The maximum absolute atomic E-state index is 12.6. The Kier molecular flexibility index (Phi) is 5.20. The second kappa shape index (κ2) is 7.53. The van der Waals surface area contributed by atoms with E-state index in [1.54, 1.807) is 19.5 Å². The lowest BCUT2D eigenvalue weighted by Gasteiger charge is -2.38. The molecule has 24 heavy (non-hydrogen) atoms. The number of methoxy groups -OCH3 is 1. The van der Waals surface area contributed by atoms with E-state index in [1.165, 1.54) is 17.3 Å². The summed E-state index contributed by atoms with van der Waals surface area (Å²) in [4.78, 5) is 22.6. The van der Waals surface area contributed by atoms with E-state index in [0.29, 0.717) is 18.8 Å². The molecule has 5 heteroatoms. The fraction of sp³-hybridized carbons (Fsp3) is 0.421. The smallest absolute Gasteiger partial charge is 0.274 e. The van der Waals surface area contributed by atoms with E-state index < -0.39 is 0 Å². The van der Waals surface area contributed by atoms with Crippen LogP contribution in [0.1, 0.15) is 28.0 Å². The van der Waals surface area contributed by atoms with E-state index in [0.717, 1.165) is 12.8 Å². The number of rotatable bonds is 4. The van der Waals surface area contributed by atoms with Crippen molar-refractivity contribution in [1.29, 1.82) is 0 Å². The third kappa shape index (κ3) is 3.79. The van der Waals surface area contributed by atoms with Crippen LogP contribution in [0.2, 0.25) is 0 Å². The van der Waals surface area contributed by atoms with Crippen LogP contribution in [0.15, 0.2) is 42.9 Å². The van der Waals surface area contributed by atoms with E-state index >= 15 is 0 Å². The lowest BCUT2D eigenvalue weighted by Crippen LogP contribution is -2.47. The zero-order valence-electron chi connectivity index (χ0n) is 14.2. The standard InChI is InChI=1S/C19H23N3O2/c1-14-4-3-5-15(10-14)11-16-13-22(9-6-18(16)24-2)19(23)17-12-20-7-8-21-17/h3-5,7-8,10,12,16,18H,6,9,11,13H2,1-2H3/t16-,18-/m0/s1. The minimum Gasteiger partial charge on any atom is -0.381 e. The highest BCUT2D eigenvalue weighted by atomic mass is 16.5. The molecule has 1 aromatic heterocycles. The second-order valence-electron chi connectivity index (χ2n) is 6.36. The van der Waals surface area contributed by atoms with Crippen molar-refractivity contribution in [2.75, 3.05) is 20.2 Å². The van der Waals surface area contributed by atoms with Crippen LogP contribution >= 0.6 is 0 Å². The normalized spacial score (nSPS) is 20.8. The van der Waals surface area contributed by atoms with Crippen LogP contribution in [-0.4, -0.2) is 47.1 Å². The Bertz CT molecular complexity index is 690. The van der Waals surface area contributed by atoms with Gasteiger partial charge >= 0.3 is 0 Å². The molecule has 1 fully saturated rings. The number of amides is 1. The summed E-state index contributed by atoms with van der Waals surface area (Å²) in [5.41, 5.74) is 2.95. The van der Waals surface area contributed by atoms with Crippen LogP contribution in [0.3, 0.4) is 0 Å². The number of aromatic nitrogens is 2. The molecule has 1 aliphatic heterocycles. The summed E-state index contributed by atoms with van der Waals surface area (Å²) < 4.78 is 5.67. The SMILES string of the molecule is CO[C@H]1CCN(C(=O)c2cnccn2)C[C@@H]1Cc1cccc(C)c1. The first-order valence-electron chi connectivity index (χ1n) is 8.31. The number of piperidine rings is 1. The number of carbonyl (C=O) groups is 1. The van der Waals surface area contributed by atoms with Crippen LogP contribution in [0.5, 0.6) is 0 Å². The van der Waals surface area contributed by atoms with Crippen molar-refractivity contribution in [2.24, 2.45) is 5.92 Å². The first-order valence-corrected chi connectivity index (χ1v) is 8.31. The molecule has 1 aliphatic rings. The summed E-state index contributed by atoms with van der Waals surface area (Å²) in [5.74, 6) is 0.234. The average Bonchev–Trinajstić information content (AvgIpc) is 2.62. The van der Waals surface area contributed by atoms with Gasteiger partial charge in [-0.25, -0.2) is 4.98 Å². The Morgan fingerprint density at radius 2 is 2.25 bits per heavy atom. The quantitative estimate of drug-likeness (QED) is 0.867. The molecule has 0 unspecified atom stereocenters. The molecule has 0 radical (unpaired) electrons. The maximum Gasteiger partial charge on any atom is 0.274 e. The Balaban J connectivity index is 1.73. The molecule has 2 atom stereocenters. The van der Waals surface area contributed by atoms with Crippen LogP contribution < -0.4 is 0 Å². The summed E-state index contributed by atoms with van der Waals surface area (Å²) in [5, 5.41) is 0.